The molecule has 2 aromatic heterocycles. The highest BCUT2D eigenvalue weighted by Gasteiger charge is 2.50. The highest BCUT2D eigenvalue weighted by atomic mass is 16.3. The molecule has 7 nitrogen and oxygen atoms in total. The summed E-state index contributed by atoms with van der Waals surface area (Å²) in [6.45, 7) is 5.19. The largest absolute Gasteiger partial charge is 0.396 e. The normalized spacial score (nSPS) is 27.4. The average molecular weight is 389 g/mol. The second-order valence-corrected chi connectivity index (χ2v) is 9.00. The van der Waals surface area contributed by atoms with E-state index in [2.05, 4.69) is 4.98 Å². The molecular formula is C21H32N4O3. The molecule has 2 N–H and O–H groups in total. The third-order valence-electron chi connectivity index (χ3n) is 7.03. The van der Waals surface area contributed by atoms with Gasteiger partial charge in [-0.05, 0) is 50.4 Å². The van der Waals surface area contributed by atoms with Gasteiger partial charge < -0.3 is 10.1 Å². The Kier molecular flexibility index (Phi) is 4.98. The summed E-state index contributed by atoms with van der Waals surface area (Å²) < 4.78 is 3.01. The minimum Gasteiger partial charge on any atom is -0.396 e. The summed E-state index contributed by atoms with van der Waals surface area (Å²) in [5, 5.41) is 10.1. The number of imidazole rings is 1. The molecule has 0 aromatic carbocycles. The molecule has 0 saturated heterocycles. The number of aliphatic hydroxyl groups excluding tert-OH is 1. The van der Waals surface area contributed by atoms with Gasteiger partial charge in [0.2, 0.25) is 0 Å². The Bertz CT molecular complexity index is 974. The van der Waals surface area contributed by atoms with Crippen LogP contribution in [0.1, 0.15) is 77.5 Å². The number of nitrogens with zero attached hydrogens (tertiary/aromatic N) is 3. The number of aromatic amines is 1. The Labute approximate surface area is 164 Å². The van der Waals surface area contributed by atoms with Crippen LogP contribution in [0.2, 0.25) is 0 Å². The molecule has 2 saturated carbocycles. The molecule has 28 heavy (non-hydrogen) atoms. The van der Waals surface area contributed by atoms with E-state index in [9.17, 15) is 14.7 Å². The smallest absolute Gasteiger partial charge is 0.332 e. The van der Waals surface area contributed by atoms with Crippen LogP contribution in [0.25, 0.3) is 11.2 Å². The molecule has 2 heterocycles. The van der Waals surface area contributed by atoms with Crippen LogP contribution in [0.3, 0.4) is 0 Å². The Hall–Kier alpha value is -1.89. The fourth-order valence-corrected chi connectivity index (χ4v) is 5.72. The van der Waals surface area contributed by atoms with Crippen molar-refractivity contribution >= 4 is 11.2 Å². The van der Waals surface area contributed by atoms with Crippen molar-refractivity contribution in [3.8, 4) is 0 Å². The molecule has 2 bridgehead atoms. The van der Waals surface area contributed by atoms with Gasteiger partial charge in [-0.1, -0.05) is 26.7 Å². The van der Waals surface area contributed by atoms with Crippen LogP contribution in [0.4, 0.5) is 0 Å². The molecule has 2 fully saturated rings. The first kappa shape index (κ1) is 19.4. The van der Waals surface area contributed by atoms with Gasteiger partial charge in [0.05, 0.1) is 0 Å². The van der Waals surface area contributed by atoms with Gasteiger partial charge in [0, 0.05) is 25.1 Å². The number of aryl methyl sites for hydroxylation is 1. The zero-order valence-corrected chi connectivity index (χ0v) is 17.1. The summed E-state index contributed by atoms with van der Waals surface area (Å²) in [5.74, 6) is 0.843. The van der Waals surface area contributed by atoms with Crippen LogP contribution in [0.5, 0.6) is 0 Å². The second-order valence-electron chi connectivity index (χ2n) is 9.00. The van der Waals surface area contributed by atoms with Crippen LogP contribution in [0, 0.1) is 5.41 Å². The van der Waals surface area contributed by atoms with E-state index in [0.717, 1.165) is 63.6 Å². The molecule has 2 aliphatic carbocycles. The molecule has 4 rings (SSSR count). The average Bonchev–Trinajstić information content (AvgIpc) is 3.15. The first-order chi connectivity index (χ1) is 13.5. The number of H-pyrrole nitrogens is 1. The maximum atomic E-state index is 13.0. The Morgan fingerprint density at radius 2 is 1.68 bits per heavy atom. The monoisotopic (exact) mass is 388 g/mol. The van der Waals surface area contributed by atoms with Crippen molar-refractivity contribution in [2.24, 2.45) is 5.41 Å². The van der Waals surface area contributed by atoms with E-state index >= 15 is 0 Å². The maximum absolute atomic E-state index is 13.0. The lowest BCUT2D eigenvalue weighted by Crippen LogP contribution is -2.45. The summed E-state index contributed by atoms with van der Waals surface area (Å²) in [6, 6.07) is 0. The van der Waals surface area contributed by atoms with Crippen molar-refractivity contribution in [2.75, 3.05) is 6.61 Å². The van der Waals surface area contributed by atoms with Crippen molar-refractivity contribution in [1.82, 2.24) is 19.1 Å². The first-order valence-corrected chi connectivity index (χ1v) is 10.8. The number of nitrogens with one attached hydrogen (secondary N) is 1. The number of rotatable bonds is 6. The number of hydrogen-bond donors (Lipinski definition) is 2. The van der Waals surface area contributed by atoms with Crippen LogP contribution in [-0.4, -0.2) is 30.8 Å². The molecule has 0 amide bonds. The summed E-state index contributed by atoms with van der Waals surface area (Å²) in [6.07, 6.45) is 8.77. The van der Waals surface area contributed by atoms with Gasteiger partial charge >= 0.3 is 5.69 Å². The predicted octanol–water partition coefficient (Wildman–Crippen LogP) is 2.68. The lowest BCUT2D eigenvalue weighted by atomic mass is 9.55. The summed E-state index contributed by atoms with van der Waals surface area (Å²) in [7, 11) is 0. The molecule has 7 heteroatoms. The SMILES string of the molecule is CCCn1c(=O)c2[nH]c(C34CCCC(CO)(CCC3)C4)nc2n(CCC)c1=O. The van der Waals surface area contributed by atoms with Crippen LogP contribution in [-0.2, 0) is 18.5 Å². The molecule has 0 atom stereocenters. The minimum absolute atomic E-state index is 0.0129. The number of fused-ring (bicyclic) bond motifs is 3. The predicted molar refractivity (Wildman–Crippen MR) is 109 cm³/mol. The topological polar surface area (TPSA) is 92.9 Å². The molecule has 0 radical (unpaired) electrons. The van der Waals surface area contributed by atoms with Crippen molar-refractivity contribution < 1.29 is 5.11 Å². The van der Waals surface area contributed by atoms with E-state index in [1.165, 1.54) is 4.57 Å². The Morgan fingerprint density at radius 1 is 1.04 bits per heavy atom. The highest BCUT2D eigenvalue weighted by Crippen LogP contribution is 2.55. The van der Waals surface area contributed by atoms with Gasteiger partial charge in [0.15, 0.2) is 5.65 Å². The zero-order valence-electron chi connectivity index (χ0n) is 17.1. The number of aliphatic hydroxyl groups is 1. The van der Waals surface area contributed by atoms with Gasteiger partial charge in [0.25, 0.3) is 5.56 Å². The standard InChI is InChI=1S/C21H32N4O3/c1-3-11-24-16-15(17(27)25(12-4-2)19(24)28)22-18(23-16)21-9-5-7-20(13-21,14-26)8-6-10-21/h26H,3-14H2,1-2H3,(H,22,23). The van der Waals surface area contributed by atoms with Crippen LogP contribution >= 0.6 is 0 Å². The van der Waals surface area contributed by atoms with E-state index in [1.807, 2.05) is 13.8 Å². The van der Waals surface area contributed by atoms with Gasteiger partial charge in [0.1, 0.15) is 11.3 Å². The van der Waals surface area contributed by atoms with Gasteiger partial charge in [-0.15, -0.1) is 0 Å². The highest BCUT2D eigenvalue weighted by molar-refractivity contribution is 5.70. The summed E-state index contributed by atoms with van der Waals surface area (Å²) in [5.41, 5.74) is 0.308. The quantitative estimate of drug-likeness (QED) is 0.796. The van der Waals surface area contributed by atoms with E-state index in [0.29, 0.717) is 24.3 Å². The van der Waals surface area contributed by atoms with Crippen molar-refractivity contribution in [3.05, 3.63) is 26.7 Å². The van der Waals surface area contributed by atoms with E-state index in [1.54, 1.807) is 4.57 Å². The van der Waals surface area contributed by atoms with E-state index in [-0.39, 0.29) is 28.7 Å². The van der Waals surface area contributed by atoms with E-state index < -0.39 is 0 Å². The minimum atomic E-state index is -0.260. The molecule has 2 aromatic rings. The van der Waals surface area contributed by atoms with Crippen LogP contribution < -0.4 is 11.2 Å². The fraction of sp³-hybridized carbons (Fsp3) is 0.762. The van der Waals surface area contributed by atoms with Crippen molar-refractivity contribution in [2.45, 2.75) is 90.1 Å². The zero-order chi connectivity index (χ0) is 19.9. The Morgan fingerprint density at radius 3 is 2.29 bits per heavy atom. The lowest BCUT2D eigenvalue weighted by molar-refractivity contribution is -0.00150. The molecule has 0 aliphatic heterocycles. The lowest BCUT2D eigenvalue weighted by Gasteiger charge is -2.50. The molecular weight excluding hydrogens is 356 g/mol. The van der Waals surface area contributed by atoms with Gasteiger partial charge in [-0.25, -0.2) is 9.78 Å². The second kappa shape index (κ2) is 7.17. The Balaban J connectivity index is 1.90. The van der Waals surface area contributed by atoms with Crippen molar-refractivity contribution in [3.63, 3.8) is 0 Å². The fourth-order valence-electron chi connectivity index (χ4n) is 5.72. The third-order valence-corrected chi connectivity index (χ3v) is 7.03. The maximum Gasteiger partial charge on any atom is 0.332 e. The molecule has 0 unspecified atom stereocenters. The molecule has 2 aliphatic rings. The van der Waals surface area contributed by atoms with E-state index in [4.69, 9.17) is 4.98 Å². The van der Waals surface area contributed by atoms with Gasteiger partial charge in [-0.2, -0.15) is 0 Å². The summed E-state index contributed by atoms with van der Waals surface area (Å²) in [4.78, 5) is 34.2. The number of hydrogen-bond acceptors (Lipinski definition) is 4. The third kappa shape index (κ3) is 2.86. The molecule has 0 spiro atoms. The number of aromatic nitrogens is 4. The van der Waals surface area contributed by atoms with Crippen molar-refractivity contribution in [1.29, 1.82) is 0 Å². The summed E-state index contributed by atoms with van der Waals surface area (Å²) >= 11 is 0. The van der Waals surface area contributed by atoms with Crippen LogP contribution in [0.15, 0.2) is 9.59 Å². The van der Waals surface area contributed by atoms with Gasteiger partial charge in [-0.3, -0.25) is 13.9 Å². The molecule has 154 valence electrons. The first-order valence-electron chi connectivity index (χ1n) is 10.8.